The average molecular weight is 211 g/mol. The summed E-state index contributed by atoms with van der Waals surface area (Å²) in [5.41, 5.74) is 5.95. The number of nitrogens with two attached hydrogens (primary N) is 1. The molecule has 0 aromatic carbocycles. The second kappa shape index (κ2) is 5.88. The molecule has 0 aliphatic carbocycles. The van der Waals surface area contributed by atoms with Crippen LogP contribution < -0.4 is 11.1 Å². The third kappa shape index (κ3) is 4.01. The predicted octanol–water partition coefficient (Wildman–Crippen LogP) is -0.0423. The molecule has 1 aliphatic heterocycles. The van der Waals surface area contributed by atoms with Gasteiger partial charge in [0.15, 0.2) is 0 Å². The molecule has 4 nitrogen and oxygen atoms in total. The average Bonchev–Trinajstić information content (AvgIpc) is 2.20. The number of hydrogen-bond acceptors (Lipinski definition) is 3. The van der Waals surface area contributed by atoms with Gasteiger partial charge in [-0.3, -0.25) is 9.69 Å². The number of piperidine rings is 1. The van der Waals surface area contributed by atoms with Crippen LogP contribution >= 0.6 is 0 Å². The Morgan fingerprint density at radius 2 is 2.47 bits per heavy atom. The molecule has 1 fully saturated rings. The lowest BCUT2D eigenvalue weighted by molar-refractivity contribution is -0.122. The molecule has 0 aromatic rings. The van der Waals surface area contributed by atoms with E-state index in [1.165, 1.54) is 0 Å². The van der Waals surface area contributed by atoms with E-state index in [4.69, 9.17) is 5.73 Å². The molecule has 1 amide bonds. The van der Waals surface area contributed by atoms with E-state index in [9.17, 15) is 4.79 Å². The maximum absolute atomic E-state index is 11.4. The Hall–Kier alpha value is -0.870. The van der Waals surface area contributed by atoms with Crippen molar-refractivity contribution in [2.45, 2.75) is 19.4 Å². The van der Waals surface area contributed by atoms with Gasteiger partial charge in [0.2, 0.25) is 5.91 Å². The highest BCUT2D eigenvalue weighted by Gasteiger charge is 2.23. The van der Waals surface area contributed by atoms with Crippen LogP contribution in [0, 0.1) is 5.92 Å². The van der Waals surface area contributed by atoms with Crippen molar-refractivity contribution < 1.29 is 4.79 Å². The molecule has 15 heavy (non-hydrogen) atoms. The van der Waals surface area contributed by atoms with Crippen molar-refractivity contribution in [2.24, 2.45) is 11.7 Å². The minimum absolute atomic E-state index is 0.0525. The Balaban J connectivity index is 2.27. The van der Waals surface area contributed by atoms with Gasteiger partial charge in [-0.1, -0.05) is 13.0 Å². The summed E-state index contributed by atoms with van der Waals surface area (Å²) in [7, 11) is 0. The number of likely N-dealkylation sites (tertiary alicyclic amines) is 1. The summed E-state index contributed by atoms with van der Waals surface area (Å²) in [6.07, 6.45) is 2.76. The predicted molar refractivity (Wildman–Crippen MR) is 61.4 cm³/mol. The van der Waals surface area contributed by atoms with Crippen LogP contribution in [0.15, 0.2) is 12.7 Å². The van der Waals surface area contributed by atoms with Crippen LogP contribution in [0.2, 0.25) is 0 Å². The van der Waals surface area contributed by atoms with E-state index in [1.54, 1.807) is 6.08 Å². The molecule has 0 aromatic heterocycles. The summed E-state index contributed by atoms with van der Waals surface area (Å²) >= 11 is 0. The van der Waals surface area contributed by atoms with Gasteiger partial charge in [0.25, 0.3) is 0 Å². The molecule has 0 bridgehead atoms. The first-order valence-corrected chi connectivity index (χ1v) is 5.49. The zero-order valence-corrected chi connectivity index (χ0v) is 9.41. The van der Waals surface area contributed by atoms with Gasteiger partial charge >= 0.3 is 0 Å². The molecule has 4 heteroatoms. The van der Waals surface area contributed by atoms with Gasteiger partial charge in [-0.05, 0) is 18.9 Å². The van der Waals surface area contributed by atoms with E-state index in [2.05, 4.69) is 23.7 Å². The number of nitrogens with zero attached hydrogens (tertiary/aromatic N) is 1. The van der Waals surface area contributed by atoms with Crippen molar-refractivity contribution in [3.8, 4) is 0 Å². The molecular formula is C11H21N3O. The zero-order chi connectivity index (χ0) is 11.3. The van der Waals surface area contributed by atoms with Crippen molar-refractivity contribution >= 4 is 5.91 Å². The summed E-state index contributed by atoms with van der Waals surface area (Å²) in [5.74, 6) is 0.620. The molecule has 86 valence electrons. The summed E-state index contributed by atoms with van der Waals surface area (Å²) in [5, 5.41) is 2.77. The van der Waals surface area contributed by atoms with Crippen LogP contribution in [0.4, 0.5) is 0 Å². The van der Waals surface area contributed by atoms with E-state index in [0.717, 1.165) is 19.5 Å². The lowest BCUT2D eigenvalue weighted by Crippen LogP contribution is -2.50. The topological polar surface area (TPSA) is 58.4 Å². The summed E-state index contributed by atoms with van der Waals surface area (Å²) in [6, 6.07) is 0.200. The lowest BCUT2D eigenvalue weighted by atomic mass is 9.94. The van der Waals surface area contributed by atoms with Gasteiger partial charge < -0.3 is 11.1 Å². The van der Waals surface area contributed by atoms with E-state index in [0.29, 0.717) is 19.0 Å². The maximum Gasteiger partial charge on any atom is 0.234 e. The van der Waals surface area contributed by atoms with Crippen molar-refractivity contribution in [1.29, 1.82) is 0 Å². The number of carbonyl (C=O) groups excluding carboxylic acids is 1. The molecule has 0 spiro atoms. The number of nitrogens with one attached hydrogen (secondary N) is 1. The molecule has 2 unspecified atom stereocenters. The van der Waals surface area contributed by atoms with Gasteiger partial charge in [-0.25, -0.2) is 0 Å². The van der Waals surface area contributed by atoms with Gasteiger partial charge in [0, 0.05) is 19.1 Å². The Bertz CT molecular complexity index is 230. The first-order valence-electron chi connectivity index (χ1n) is 5.49. The third-order valence-electron chi connectivity index (χ3n) is 2.91. The molecule has 0 radical (unpaired) electrons. The number of amides is 1. The van der Waals surface area contributed by atoms with Crippen molar-refractivity contribution in [1.82, 2.24) is 10.2 Å². The first-order chi connectivity index (χ1) is 7.13. The van der Waals surface area contributed by atoms with E-state index in [1.807, 2.05) is 0 Å². The number of rotatable bonds is 4. The van der Waals surface area contributed by atoms with Gasteiger partial charge in [-0.15, -0.1) is 6.58 Å². The molecule has 2 atom stereocenters. The van der Waals surface area contributed by atoms with Crippen molar-refractivity contribution in [3.05, 3.63) is 12.7 Å². The minimum atomic E-state index is 0.0525. The van der Waals surface area contributed by atoms with Crippen LogP contribution in [0.1, 0.15) is 13.3 Å². The van der Waals surface area contributed by atoms with Crippen LogP contribution in [0.25, 0.3) is 0 Å². The fraction of sp³-hybridized carbons (Fsp3) is 0.727. The normalized spacial score (nSPS) is 27.3. The van der Waals surface area contributed by atoms with Gasteiger partial charge in [-0.2, -0.15) is 0 Å². The highest BCUT2D eigenvalue weighted by Crippen LogP contribution is 2.14. The van der Waals surface area contributed by atoms with E-state index < -0.39 is 0 Å². The molecule has 1 aliphatic rings. The van der Waals surface area contributed by atoms with Crippen LogP contribution in [-0.2, 0) is 4.79 Å². The second-order valence-corrected chi connectivity index (χ2v) is 4.26. The summed E-state index contributed by atoms with van der Waals surface area (Å²) in [4.78, 5) is 13.5. The Labute approximate surface area is 91.5 Å². The molecule has 0 saturated carbocycles. The first kappa shape index (κ1) is 12.2. The third-order valence-corrected chi connectivity index (χ3v) is 2.91. The minimum Gasteiger partial charge on any atom is -0.352 e. The molecular weight excluding hydrogens is 190 g/mol. The second-order valence-electron chi connectivity index (χ2n) is 4.26. The Morgan fingerprint density at radius 1 is 1.73 bits per heavy atom. The summed E-state index contributed by atoms with van der Waals surface area (Å²) in [6.45, 7) is 8.50. The van der Waals surface area contributed by atoms with Gasteiger partial charge in [0.1, 0.15) is 0 Å². The lowest BCUT2D eigenvalue weighted by Gasteiger charge is -2.34. The fourth-order valence-electron chi connectivity index (χ4n) is 1.76. The Morgan fingerprint density at radius 3 is 3.07 bits per heavy atom. The molecule has 1 heterocycles. The SMILES string of the molecule is C=CCNC(=O)CN1CCC(C)C(N)C1. The fourth-order valence-corrected chi connectivity index (χ4v) is 1.76. The van der Waals surface area contributed by atoms with E-state index in [-0.39, 0.29) is 11.9 Å². The number of carbonyl (C=O) groups is 1. The largest absolute Gasteiger partial charge is 0.352 e. The zero-order valence-electron chi connectivity index (χ0n) is 9.41. The smallest absolute Gasteiger partial charge is 0.234 e. The quantitative estimate of drug-likeness (QED) is 0.641. The van der Waals surface area contributed by atoms with Crippen LogP contribution in [-0.4, -0.2) is 43.0 Å². The molecule has 1 saturated heterocycles. The van der Waals surface area contributed by atoms with Crippen molar-refractivity contribution in [3.63, 3.8) is 0 Å². The Kier molecular flexibility index (Phi) is 4.78. The standard InChI is InChI=1S/C11H21N3O/c1-3-5-13-11(15)8-14-6-4-9(2)10(12)7-14/h3,9-10H,1,4-8,12H2,2H3,(H,13,15). The van der Waals surface area contributed by atoms with Crippen molar-refractivity contribution in [2.75, 3.05) is 26.2 Å². The van der Waals surface area contributed by atoms with E-state index >= 15 is 0 Å². The summed E-state index contributed by atoms with van der Waals surface area (Å²) < 4.78 is 0. The maximum atomic E-state index is 11.4. The molecule has 3 N–H and O–H groups in total. The van der Waals surface area contributed by atoms with Gasteiger partial charge in [0.05, 0.1) is 6.54 Å². The highest BCUT2D eigenvalue weighted by atomic mass is 16.2. The number of hydrogen-bond donors (Lipinski definition) is 2. The molecule has 1 rings (SSSR count). The van der Waals surface area contributed by atoms with Crippen LogP contribution in [0.3, 0.4) is 0 Å². The monoisotopic (exact) mass is 211 g/mol. The van der Waals surface area contributed by atoms with Crippen LogP contribution in [0.5, 0.6) is 0 Å². The highest BCUT2D eigenvalue weighted by molar-refractivity contribution is 5.78.